The second-order valence-electron chi connectivity index (χ2n) is 11.2. The van der Waals surface area contributed by atoms with E-state index in [4.69, 9.17) is 9.47 Å². The van der Waals surface area contributed by atoms with Crippen molar-refractivity contribution in [2.24, 2.45) is 5.41 Å². The van der Waals surface area contributed by atoms with Crippen LogP contribution in [0.25, 0.3) is 11.1 Å². The fourth-order valence-electron chi connectivity index (χ4n) is 5.94. The van der Waals surface area contributed by atoms with Crippen molar-refractivity contribution >= 4 is 5.97 Å². The Morgan fingerprint density at radius 2 is 1.87 bits per heavy atom. The van der Waals surface area contributed by atoms with Gasteiger partial charge in [-0.2, -0.15) is 0 Å². The van der Waals surface area contributed by atoms with E-state index in [-0.39, 0.29) is 35.9 Å². The molecule has 0 spiro atoms. The molecule has 0 aliphatic heterocycles. The third-order valence-corrected chi connectivity index (χ3v) is 8.20. The second kappa shape index (κ2) is 12.2. The molecule has 0 bridgehead atoms. The zero-order valence-electron chi connectivity index (χ0n) is 23.2. The monoisotopic (exact) mass is 536 g/mol. The Kier molecular flexibility index (Phi) is 8.94. The average Bonchev–Trinajstić information content (AvgIpc) is 2.91. The second-order valence-corrected chi connectivity index (χ2v) is 11.2. The van der Waals surface area contributed by atoms with E-state index in [0.717, 1.165) is 36.0 Å². The molecule has 1 aliphatic carbocycles. The van der Waals surface area contributed by atoms with Crippen LogP contribution >= 0.6 is 0 Å². The van der Waals surface area contributed by atoms with Crippen molar-refractivity contribution in [3.05, 3.63) is 82.9 Å². The van der Waals surface area contributed by atoms with E-state index in [0.29, 0.717) is 23.3 Å². The maximum Gasteiger partial charge on any atom is 0.303 e. The van der Waals surface area contributed by atoms with Crippen LogP contribution in [0, 0.1) is 17.0 Å². The van der Waals surface area contributed by atoms with Crippen molar-refractivity contribution in [2.45, 2.75) is 77.7 Å². The SMILES string of the molecule is CC[C@@H](CC(=O)O)c1cccc(OCc2ccc(-c3cc(OC)ccc3F)c([C@@H]3CCCCC3(C)C)c2)c1F. The normalized spacial score (nSPS) is 17.4. The van der Waals surface area contributed by atoms with Gasteiger partial charge in [0, 0.05) is 5.56 Å². The van der Waals surface area contributed by atoms with Gasteiger partial charge >= 0.3 is 5.97 Å². The number of methoxy groups -OCH3 is 1. The number of aliphatic carboxylic acids is 1. The van der Waals surface area contributed by atoms with Crippen LogP contribution in [-0.4, -0.2) is 18.2 Å². The number of hydrogen-bond donors (Lipinski definition) is 1. The lowest BCUT2D eigenvalue weighted by molar-refractivity contribution is -0.137. The van der Waals surface area contributed by atoms with Gasteiger partial charge in [0.1, 0.15) is 18.2 Å². The Hall–Kier alpha value is -3.41. The van der Waals surface area contributed by atoms with E-state index in [1.54, 1.807) is 37.4 Å². The molecule has 1 fully saturated rings. The molecular weight excluding hydrogens is 498 g/mol. The van der Waals surface area contributed by atoms with E-state index in [2.05, 4.69) is 19.9 Å². The average molecular weight is 537 g/mol. The molecule has 0 radical (unpaired) electrons. The number of benzene rings is 3. The van der Waals surface area contributed by atoms with Gasteiger partial charge in [0.15, 0.2) is 11.6 Å². The summed E-state index contributed by atoms with van der Waals surface area (Å²) in [5.41, 5.74) is 3.66. The maximum atomic E-state index is 15.4. The van der Waals surface area contributed by atoms with E-state index >= 15 is 8.78 Å². The molecule has 2 atom stereocenters. The summed E-state index contributed by atoms with van der Waals surface area (Å²) in [6.07, 6.45) is 4.75. The van der Waals surface area contributed by atoms with Crippen molar-refractivity contribution in [1.29, 1.82) is 0 Å². The molecule has 3 aromatic carbocycles. The van der Waals surface area contributed by atoms with Gasteiger partial charge in [0.05, 0.1) is 13.5 Å². The maximum absolute atomic E-state index is 15.4. The van der Waals surface area contributed by atoms with Gasteiger partial charge in [-0.3, -0.25) is 4.79 Å². The van der Waals surface area contributed by atoms with Crippen LogP contribution in [0.15, 0.2) is 54.6 Å². The van der Waals surface area contributed by atoms with Gasteiger partial charge in [-0.25, -0.2) is 8.78 Å². The molecule has 0 saturated heterocycles. The lowest BCUT2D eigenvalue weighted by atomic mass is 9.65. The zero-order chi connectivity index (χ0) is 28.2. The standard InChI is InChI=1S/C33H38F2O4/c1-5-22(18-31(36)37)24-9-8-11-30(32(24)35)39-20-21-12-14-25(27-19-23(38-4)13-15-29(27)34)26(17-21)28-10-6-7-16-33(28,2)3/h8-9,11-15,17,19,22,28H,5-7,10,16,18,20H2,1-4H3,(H,36,37)/t22-,28-/m0/s1. The molecule has 4 rings (SSSR count). The predicted octanol–water partition coefficient (Wildman–Crippen LogP) is 8.87. The third-order valence-electron chi connectivity index (χ3n) is 8.20. The topological polar surface area (TPSA) is 55.8 Å². The summed E-state index contributed by atoms with van der Waals surface area (Å²) in [6.45, 7) is 6.53. The molecule has 4 nitrogen and oxygen atoms in total. The molecule has 0 amide bonds. The summed E-state index contributed by atoms with van der Waals surface area (Å²) in [4.78, 5) is 11.3. The summed E-state index contributed by atoms with van der Waals surface area (Å²) in [5, 5.41) is 9.23. The number of carbonyl (C=O) groups is 1. The molecule has 3 aromatic rings. The van der Waals surface area contributed by atoms with E-state index in [9.17, 15) is 9.90 Å². The van der Waals surface area contributed by atoms with Crippen LogP contribution in [0.5, 0.6) is 11.5 Å². The summed E-state index contributed by atoms with van der Waals surface area (Å²) >= 11 is 0. The number of rotatable bonds is 10. The first-order valence-corrected chi connectivity index (χ1v) is 13.7. The van der Waals surface area contributed by atoms with Crippen LogP contribution in [0.4, 0.5) is 8.78 Å². The number of hydrogen-bond acceptors (Lipinski definition) is 3. The highest BCUT2D eigenvalue weighted by Crippen LogP contribution is 2.49. The highest BCUT2D eigenvalue weighted by molar-refractivity contribution is 5.71. The minimum atomic E-state index is -0.960. The van der Waals surface area contributed by atoms with E-state index < -0.39 is 17.7 Å². The number of ether oxygens (including phenoxy) is 2. The fraction of sp³-hybridized carbons (Fsp3) is 0.424. The Bertz CT molecular complexity index is 1320. The van der Waals surface area contributed by atoms with Crippen LogP contribution in [0.1, 0.15) is 87.8 Å². The summed E-state index contributed by atoms with van der Waals surface area (Å²) in [6, 6.07) is 15.6. The molecule has 208 valence electrons. The number of carboxylic acids is 1. The Morgan fingerprint density at radius 1 is 1.08 bits per heavy atom. The zero-order valence-corrected chi connectivity index (χ0v) is 23.2. The molecule has 0 aromatic heterocycles. The van der Waals surface area contributed by atoms with Crippen LogP contribution < -0.4 is 9.47 Å². The first-order chi connectivity index (χ1) is 18.6. The van der Waals surface area contributed by atoms with Crippen molar-refractivity contribution in [2.75, 3.05) is 7.11 Å². The molecule has 1 N–H and O–H groups in total. The van der Waals surface area contributed by atoms with Crippen LogP contribution in [0.2, 0.25) is 0 Å². The van der Waals surface area contributed by atoms with Crippen LogP contribution in [0.3, 0.4) is 0 Å². The summed E-state index contributed by atoms with van der Waals surface area (Å²) in [5.74, 6) is -1.29. The van der Waals surface area contributed by atoms with Gasteiger partial charge in [0.2, 0.25) is 0 Å². The minimum Gasteiger partial charge on any atom is -0.497 e. The minimum absolute atomic E-state index is 0.0432. The van der Waals surface area contributed by atoms with Crippen molar-refractivity contribution in [3.63, 3.8) is 0 Å². The largest absolute Gasteiger partial charge is 0.497 e. The molecule has 1 aliphatic rings. The van der Waals surface area contributed by atoms with E-state index in [1.165, 1.54) is 12.5 Å². The first kappa shape index (κ1) is 28.6. The van der Waals surface area contributed by atoms with Gasteiger partial charge in [-0.05, 0) is 83.0 Å². The summed E-state index contributed by atoms with van der Waals surface area (Å²) in [7, 11) is 1.57. The van der Waals surface area contributed by atoms with Gasteiger partial charge in [-0.15, -0.1) is 0 Å². The summed E-state index contributed by atoms with van der Waals surface area (Å²) < 4.78 is 41.8. The lowest BCUT2D eigenvalue weighted by Crippen LogP contribution is -2.26. The quantitative estimate of drug-likeness (QED) is 0.281. The highest BCUT2D eigenvalue weighted by Gasteiger charge is 2.35. The van der Waals surface area contributed by atoms with Gasteiger partial charge in [-0.1, -0.05) is 63.9 Å². The lowest BCUT2D eigenvalue weighted by Gasteiger charge is -2.40. The van der Waals surface area contributed by atoms with Crippen molar-refractivity contribution < 1.29 is 28.2 Å². The van der Waals surface area contributed by atoms with Gasteiger partial charge in [0.25, 0.3) is 0 Å². The Balaban J connectivity index is 1.69. The van der Waals surface area contributed by atoms with E-state index in [1.807, 2.05) is 19.1 Å². The molecule has 1 saturated carbocycles. The fourth-order valence-corrected chi connectivity index (χ4v) is 5.94. The molecule has 0 heterocycles. The highest BCUT2D eigenvalue weighted by atomic mass is 19.1. The molecular formula is C33H38F2O4. The molecule has 6 heteroatoms. The van der Waals surface area contributed by atoms with Gasteiger partial charge < -0.3 is 14.6 Å². The molecule has 39 heavy (non-hydrogen) atoms. The number of carboxylic acid groups (broad SMARTS) is 1. The van der Waals surface area contributed by atoms with Crippen LogP contribution in [-0.2, 0) is 11.4 Å². The Labute approximate surface area is 230 Å². The van der Waals surface area contributed by atoms with Crippen molar-refractivity contribution in [3.8, 4) is 22.6 Å². The van der Waals surface area contributed by atoms with Crippen molar-refractivity contribution in [1.82, 2.24) is 0 Å². The predicted molar refractivity (Wildman–Crippen MR) is 149 cm³/mol. The third kappa shape index (κ3) is 6.43. The number of halogens is 2. The first-order valence-electron chi connectivity index (χ1n) is 13.7. The Morgan fingerprint density at radius 3 is 2.56 bits per heavy atom. The molecule has 0 unspecified atom stereocenters. The smallest absolute Gasteiger partial charge is 0.303 e.